The lowest BCUT2D eigenvalue weighted by molar-refractivity contribution is -0.121. The topological polar surface area (TPSA) is 64.7 Å². The predicted octanol–water partition coefficient (Wildman–Crippen LogP) is 1.86. The van der Waals surface area contributed by atoms with Crippen molar-refractivity contribution < 1.29 is 4.79 Å². The lowest BCUT2D eigenvalue weighted by Gasteiger charge is -2.08. The fourth-order valence-corrected chi connectivity index (χ4v) is 2.24. The fourth-order valence-electron chi connectivity index (χ4n) is 2.11. The monoisotopic (exact) mass is 309 g/mol. The molecule has 2 rings (SSSR count). The van der Waals surface area contributed by atoms with E-state index in [1.807, 2.05) is 31.5 Å². The third-order valence-electron chi connectivity index (χ3n) is 3.38. The van der Waals surface area contributed by atoms with E-state index in [-0.39, 0.29) is 12.5 Å². The summed E-state index contributed by atoms with van der Waals surface area (Å²) in [5, 5.41) is 12.0. The fraction of sp³-hybridized carbons (Fsp3) is 0.500. The van der Waals surface area contributed by atoms with E-state index in [0.717, 1.165) is 30.0 Å². The van der Waals surface area contributed by atoms with Crippen molar-refractivity contribution in [2.24, 2.45) is 0 Å². The van der Waals surface area contributed by atoms with Crippen molar-refractivity contribution >= 4 is 17.5 Å². The molecule has 114 valence electrons. The van der Waals surface area contributed by atoms with Crippen LogP contribution in [0.5, 0.6) is 0 Å². The molecule has 2 aromatic rings. The highest BCUT2D eigenvalue weighted by Crippen LogP contribution is 2.18. The molecule has 0 aliphatic heterocycles. The van der Waals surface area contributed by atoms with Crippen molar-refractivity contribution in [3.63, 3.8) is 0 Å². The van der Waals surface area contributed by atoms with E-state index in [1.54, 1.807) is 10.9 Å². The molecule has 0 saturated carbocycles. The highest BCUT2D eigenvalue weighted by Gasteiger charge is 2.09. The first kappa shape index (κ1) is 15.6. The predicted molar refractivity (Wildman–Crippen MR) is 81.3 cm³/mol. The van der Waals surface area contributed by atoms with Gasteiger partial charge in [-0.25, -0.2) is 0 Å². The molecular formula is C14H20ClN5O. The van der Waals surface area contributed by atoms with Crippen LogP contribution in [0.15, 0.2) is 12.3 Å². The summed E-state index contributed by atoms with van der Waals surface area (Å²) in [4.78, 5) is 11.8. The molecule has 1 amide bonds. The maximum absolute atomic E-state index is 11.8. The molecule has 0 aromatic carbocycles. The van der Waals surface area contributed by atoms with Gasteiger partial charge in [-0.3, -0.25) is 14.2 Å². The van der Waals surface area contributed by atoms with Crippen molar-refractivity contribution in [1.82, 2.24) is 24.9 Å². The van der Waals surface area contributed by atoms with Crippen molar-refractivity contribution in [3.8, 4) is 0 Å². The van der Waals surface area contributed by atoms with Crippen molar-refractivity contribution in [3.05, 3.63) is 34.4 Å². The van der Waals surface area contributed by atoms with E-state index in [4.69, 9.17) is 11.6 Å². The van der Waals surface area contributed by atoms with Gasteiger partial charge in [-0.05, 0) is 33.3 Å². The molecule has 0 fully saturated rings. The van der Waals surface area contributed by atoms with Crippen LogP contribution in [0.1, 0.15) is 23.5 Å². The number of nitrogens with one attached hydrogen (secondary N) is 1. The van der Waals surface area contributed by atoms with Gasteiger partial charge in [0.2, 0.25) is 5.91 Å². The minimum Gasteiger partial charge on any atom is -0.354 e. The summed E-state index contributed by atoms with van der Waals surface area (Å²) < 4.78 is 3.55. The first-order valence-electron chi connectivity index (χ1n) is 6.93. The number of aryl methyl sites for hydroxylation is 3. The number of hydrogen-bond acceptors (Lipinski definition) is 3. The number of halogens is 1. The van der Waals surface area contributed by atoms with Gasteiger partial charge in [-0.2, -0.15) is 10.2 Å². The first-order chi connectivity index (χ1) is 9.99. The third kappa shape index (κ3) is 3.85. The molecule has 0 spiro atoms. The molecule has 0 aliphatic rings. The van der Waals surface area contributed by atoms with Gasteiger partial charge in [0.05, 0.1) is 16.4 Å². The Kier molecular flexibility index (Phi) is 5.01. The molecule has 0 unspecified atom stereocenters. The Bertz CT molecular complexity index is 631. The van der Waals surface area contributed by atoms with E-state index >= 15 is 0 Å². The maximum atomic E-state index is 11.8. The van der Waals surface area contributed by atoms with Crippen LogP contribution < -0.4 is 5.32 Å². The lowest BCUT2D eigenvalue weighted by Crippen LogP contribution is -2.29. The largest absolute Gasteiger partial charge is 0.354 e. The molecular weight excluding hydrogens is 290 g/mol. The summed E-state index contributed by atoms with van der Waals surface area (Å²) in [5.41, 5.74) is 2.78. The van der Waals surface area contributed by atoms with Gasteiger partial charge >= 0.3 is 0 Å². The summed E-state index contributed by atoms with van der Waals surface area (Å²) in [5.74, 6) is -0.0341. The quantitative estimate of drug-likeness (QED) is 0.828. The minimum absolute atomic E-state index is 0.0341. The number of hydrogen-bond donors (Lipinski definition) is 1. The summed E-state index contributed by atoms with van der Waals surface area (Å²) in [6, 6.07) is 1.87. The Labute approximate surface area is 129 Å². The van der Waals surface area contributed by atoms with E-state index in [9.17, 15) is 4.79 Å². The molecule has 1 N–H and O–H groups in total. The van der Waals surface area contributed by atoms with Crippen LogP contribution in [0.25, 0.3) is 0 Å². The Morgan fingerprint density at radius 1 is 1.33 bits per heavy atom. The molecule has 2 heterocycles. The molecule has 6 nitrogen and oxygen atoms in total. The van der Waals surface area contributed by atoms with Crippen LogP contribution in [-0.4, -0.2) is 32.0 Å². The SMILES string of the molecule is Cc1nn(CCCNC(=O)Cn2nccc2C)c(C)c1Cl. The maximum Gasteiger partial charge on any atom is 0.241 e. The van der Waals surface area contributed by atoms with Crippen LogP contribution in [0, 0.1) is 20.8 Å². The number of carbonyl (C=O) groups is 1. The number of nitrogens with zero attached hydrogens (tertiary/aromatic N) is 4. The molecule has 2 aromatic heterocycles. The van der Waals surface area contributed by atoms with Crippen molar-refractivity contribution in [2.75, 3.05) is 6.54 Å². The van der Waals surface area contributed by atoms with Gasteiger partial charge in [0.25, 0.3) is 0 Å². The van der Waals surface area contributed by atoms with Gasteiger partial charge in [-0.1, -0.05) is 11.6 Å². The molecule has 0 aliphatic carbocycles. The standard InChI is InChI=1S/C14H20ClN5O/c1-10-5-7-17-20(10)9-13(21)16-6-4-8-19-12(3)14(15)11(2)18-19/h5,7H,4,6,8-9H2,1-3H3,(H,16,21). The van der Waals surface area contributed by atoms with E-state index < -0.39 is 0 Å². The number of rotatable bonds is 6. The van der Waals surface area contributed by atoms with Crippen LogP contribution in [0.2, 0.25) is 5.02 Å². The van der Waals surface area contributed by atoms with Gasteiger partial charge in [0.15, 0.2) is 0 Å². The lowest BCUT2D eigenvalue weighted by atomic mass is 10.3. The van der Waals surface area contributed by atoms with Gasteiger partial charge in [0, 0.05) is 25.0 Å². The zero-order chi connectivity index (χ0) is 15.4. The van der Waals surface area contributed by atoms with Crippen molar-refractivity contribution in [1.29, 1.82) is 0 Å². The van der Waals surface area contributed by atoms with E-state index in [2.05, 4.69) is 15.5 Å². The molecule has 0 atom stereocenters. The van der Waals surface area contributed by atoms with Gasteiger partial charge in [0.1, 0.15) is 6.54 Å². The zero-order valence-corrected chi connectivity index (χ0v) is 13.3. The molecule has 21 heavy (non-hydrogen) atoms. The number of carbonyl (C=O) groups excluding carboxylic acids is 1. The second-order valence-electron chi connectivity index (χ2n) is 5.04. The van der Waals surface area contributed by atoms with Gasteiger partial charge in [-0.15, -0.1) is 0 Å². The third-order valence-corrected chi connectivity index (χ3v) is 3.93. The second-order valence-corrected chi connectivity index (χ2v) is 5.42. The van der Waals surface area contributed by atoms with Crippen LogP contribution >= 0.6 is 11.6 Å². The summed E-state index contributed by atoms with van der Waals surface area (Å²) in [6.45, 7) is 7.36. The molecule has 0 radical (unpaired) electrons. The Morgan fingerprint density at radius 2 is 2.10 bits per heavy atom. The number of amides is 1. The van der Waals surface area contributed by atoms with E-state index in [1.165, 1.54) is 0 Å². The number of aromatic nitrogens is 4. The highest BCUT2D eigenvalue weighted by molar-refractivity contribution is 6.31. The normalized spacial score (nSPS) is 10.9. The van der Waals surface area contributed by atoms with Crippen LogP contribution in [0.4, 0.5) is 0 Å². The van der Waals surface area contributed by atoms with Crippen LogP contribution in [0.3, 0.4) is 0 Å². The highest BCUT2D eigenvalue weighted by atomic mass is 35.5. The summed E-state index contributed by atoms with van der Waals surface area (Å²) in [7, 11) is 0. The molecule has 0 bridgehead atoms. The van der Waals surface area contributed by atoms with Gasteiger partial charge < -0.3 is 5.32 Å². The Balaban J connectivity index is 1.73. The average molecular weight is 310 g/mol. The first-order valence-corrected chi connectivity index (χ1v) is 7.31. The summed E-state index contributed by atoms with van der Waals surface area (Å²) >= 11 is 6.09. The van der Waals surface area contributed by atoms with Crippen LogP contribution in [-0.2, 0) is 17.9 Å². The van der Waals surface area contributed by atoms with E-state index in [0.29, 0.717) is 11.6 Å². The molecule has 0 saturated heterocycles. The smallest absolute Gasteiger partial charge is 0.241 e. The average Bonchev–Trinajstić information content (AvgIpc) is 2.95. The Hall–Kier alpha value is -1.82. The Morgan fingerprint density at radius 3 is 2.67 bits per heavy atom. The van der Waals surface area contributed by atoms with Crippen molar-refractivity contribution in [2.45, 2.75) is 40.3 Å². The molecule has 7 heteroatoms. The second kappa shape index (κ2) is 6.76. The summed E-state index contributed by atoms with van der Waals surface area (Å²) in [6.07, 6.45) is 2.50. The zero-order valence-electron chi connectivity index (χ0n) is 12.6. The minimum atomic E-state index is -0.0341.